The van der Waals surface area contributed by atoms with E-state index in [9.17, 15) is 9.90 Å². The van der Waals surface area contributed by atoms with E-state index in [0.717, 1.165) is 37.5 Å². The van der Waals surface area contributed by atoms with Crippen LogP contribution in [-0.4, -0.2) is 5.97 Å². The van der Waals surface area contributed by atoms with Gasteiger partial charge in [-0.25, -0.2) is 0 Å². The Morgan fingerprint density at radius 3 is 2.48 bits per heavy atom. The Labute approximate surface area is 163 Å². The number of carboxylic acids is 1. The Hall–Kier alpha value is 0.210. The molecule has 0 saturated heterocycles. The first kappa shape index (κ1) is 19.5. The van der Waals surface area contributed by atoms with Gasteiger partial charge in [-0.1, -0.05) is 45.3 Å². The Balaban J connectivity index is 0.00000192. The minimum atomic E-state index is -0.816. The third kappa shape index (κ3) is 3.09. The molecule has 3 aliphatic rings. The van der Waals surface area contributed by atoms with Gasteiger partial charge in [0.05, 0.1) is 0 Å². The first-order valence-electron chi connectivity index (χ1n) is 9.22. The Morgan fingerprint density at radius 1 is 1.17 bits per heavy atom. The maximum Gasteiger partial charge on any atom is 1.00 e. The van der Waals surface area contributed by atoms with E-state index < -0.39 is 11.4 Å². The average Bonchev–Trinajstić information content (AvgIpc) is 2.46. The number of aliphatic carboxylic acids is 1. The molecule has 2 nitrogen and oxygen atoms in total. The van der Waals surface area contributed by atoms with E-state index in [1.807, 2.05) is 6.92 Å². The first-order valence-corrected chi connectivity index (χ1v) is 9.22. The summed E-state index contributed by atoms with van der Waals surface area (Å²) < 4.78 is 0. The molecule has 0 amide bonds. The Bertz CT molecular complexity index is 510. The summed E-state index contributed by atoms with van der Waals surface area (Å²) in [6.07, 6.45) is 8.93. The monoisotopic (exact) mass is 326 g/mol. The number of fused-ring (bicyclic) bond motifs is 2. The number of carbonyl (C=O) groups is 1. The van der Waals surface area contributed by atoms with Crippen LogP contribution >= 0.6 is 0 Å². The minimum Gasteiger partial charge on any atom is -0.550 e. The summed E-state index contributed by atoms with van der Waals surface area (Å²) in [5, 5.41) is 11.8. The largest absolute Gasteiger partial charge is 1.00 e. The molecule has 0 heterocycles. The van der Waals surface area contributed by atoms with Crippen molar-refractivity contribution in [2.75, 3.05) is 0 Å². The topological polar surface area (TPSA) is 40.1 Å². The van der Waals surface area contributed by atoms with E-state index in [2.05, 4.69) is 20.8 Å². The summed E-state index contributed by atoms with van der Waals surface area (Å²) in [7, 11) is 0. The summed E-state index contributed by atoms with van der Waals surface area (Å²) in [5.74, 6) is 1.05. The van der Waals surface area contributed by atoms with Gasteiger partial charge in [0, 0.05) is 11.4 Å². The molecule has 0 spiro atoms. The molecular weight excluding hydrogens is 295 g/mol. The van der Waals surface area contributed by atoms with Crippen molar-refractivity contribution in [1.82, 2.24) is 0 Å². The average molecular weight is 326 g/mol. The van der Waals surface area contributed by atoms with E-state index in [1.165, 1.54) is 25.7 Å². The second kappa shape index (κ2) is 6.84. The molecule has 0 N–H and O–H groups in total. The van der Waals surface area contributed by atoms with Crippen LogP contribution in [0.2, 0.25) is 0 Å². The quantitative estimate of drug-likeness (QED) is 0.563. The van der Waals surface area contributed by atoms with Crippen molar-refractivity contribution in [2.45, 2.75) is 79.1 Å². The summed E-state index contributed by atoms with van der Waals surface area (Å²) in [6, 6.07) is 0. The molecule has 0 aromatic heterocycles. The molecule has 3 aliphatic carbocycles. The van der Waals surface area contributed by atoms with Crippen LogP contribution in [-0.2, 0) is 4.79 Å². The maximum atomic E-state index is 11.8. The molecule has 0 aromatic carbocycles. The minimum absolute atomic E-state index is 0. The molecule has 23 heavy (non-hydrogen) atoms. The third-order valence-corrected chi connectivity index (χ3v) is 7.46. The van der Waals surface area contributed by atoms with Crippen LogP contribution in [0.1, 0.15) is 79.1 Å². The molecule has 1 fully saturated rings. The molecular formula is C20H31NaO2. The molecule has 0 bridgehead atoms. The van der Waals surface area contributed by atoms with Crippen molar-refractivity contribution in [2.24, 2.45) is 28.6 Å². The summed E-state index contributed by atoms with van der Waals surface area (Å²) in [6.45, 7) is 9.01. The standard InChI is InChI=1S/C20H32O2.Na/c1-13(2)14-6-8-16-15(12-14)7-9-17-19(16,3)10-5-11-20(17,4)18(21)22;/h13-14,17H,5-12H2,1-4H3,(H,21,22);/q;+1/p-1. The number of carbonyl (C=O) groups excluding carboxylic acids is 1. The Morgan fingerprint density at radius 2 is 1.87 bits per heavy atom. The van der Waals surface area contributed by atoms with Crippen LogP contribution < -0.4 is 34.7 Å². The molecule has 1 saturated carbocycles. The molecule has 4 atom stereocenters. The Kier molecular flexibility index (Phi) is 5.81. The van der Waals surface area contributed by atoms with Gasteiger partial charge < -0.3 is 9.90 Å². The van der Waals surface area contributed by atoms with Gasteiger partial charge in [-0.3, -0.25) is 0 Å². The fourth-order valence-corrected chi connectivity index (χ4v) is 6.00. The predicted molar refractivity (Wildman–Crippen MR) is 87.0 cm³/mol. The second-order valence-electron chi connectivity index (χ2n) is 8.90. The van der Waals surface area contributed by atoms with Gasteiger partial charge in [0.2, 0.25) is 0 Å². The van der Waals surface area contributed by atoms with Crippen molar-refractivity contribution < 1.29 is 39.5 Å². The zero-order chi connectivity index (χ0) is 16.1. The van der Waals surface area contributed by atoms with Gasteiger partial charge in [0.15, 0.2) is 0 Å². The van der Waals surface area contributed by atoms with E-state index in [0.29, 0.717) is 0 Å². The molecule has 4 unspecified atom stereocenters. The molecule has 0 aromatic rings. The van der Waals surface area contributed by atoms with E-state index in [-0.39, 0.29) is 40.9 Å². The summed E-state index contributed by atoms with van der Waals surface area (Å²) in [4.78, 5) is 11.8. The summed E-state index contributed by atoms with van der Waals surface area (Å²) in [5.41, 5.74) is 2.82. The maximum absolute atomic E-state index is 11.8. The van der Waals surface area contributed by atoms with Crippen molar-refractivity contribution in [1.29, 1.82) is 0 Å². The number of rotatable bonds is 2. The molecule has 0 radical (unpaired) electrons. The van der Waals surface area contributed by atoms with Gasteiger partial charge in [-0.05, 0) is 68.1 Å². The van der Waals surface area contributed by atoms with Crippen LogP contribution in [0.15, 0.2) is 11.1 Å². The smallest absolute Gasteiger partial charge is 0.550 e. The molecule has 3 heteroatoms. The number of hydrogen-bond donors (Lipinski definition) is 0. The number of allylic oxidation sites excluding steroid dienone is 2. The molecule has 3 rings (SSSR count). The number of hydrogen-bond acceptors (Lipinski definition) is 2. The normalized spacial score (nSPS) is 40.2. The van der Waals surface area contributed by atoms with Gasteiger partial charge in [-0.15, -0.1) is 0 Å². The van der Waals surface area contributed by atoms with Crippen molar-refractivity contribution in [3.63, 3.8) is 0 Å². The van der Waals surface area contributed by atoms with Crippen molar-refractivity contribution in [3.8, 4) is 0 Å². The van der Waals surface area contributed by atoms with Crippen molar-refractivity contribution in [3.05, 3.63) is 11.1 Å². The van der Waals surface area contributed by atoms with E-state index >= 15 is 0 Å². The zero-order valence-electron chi connectivity index (χ0n) is 15.7. The van der Waals surface area contributed by atoms with Gasteiger partial charge >= 0.3 is 29.6 Å². The first-order chi connectivity index (χ1) is 10.3. The third-order valence-electron chi connectivity index (χ3n) is 7.46. The van der Waals surface area contributed by atoms with Gasteiger partial charge in [-0.2, -0.15) is 0 Å². The zero-order valence-corrected chi connectivity index (χ0v) is 17.7. The van der Waals surface area contributed by atoms with Crippen LogP contribution in [0.25, 0.3) is 0 Å². The van der Waals surface area contributed by atoms with Gasteiger partial charge in [0.25, 0.3) is 0 Å². The van der Waals surface area contributed by atoms with Crippen LogP contribution in [0.3, 0.4) is 0 Å². The van der Waals surface area contributed by atoms with Gasteiger partial charge in [0.1, 0.15) is 0 Å². The second-order valence-corrected chi connectivity index (χ2v) is 8.90. The van der Waals surface area contributed by atoms with E-state index in [1.54, 1.807) is 11.1 Å². The fraction of sp³-hybridized carbons (Fsp3) is 0.850. The fourth-order valence-electron chi connectivity index (χ4n) is 6.00. The molecule has 124 valence electrons. The van der Waals surface area contributed by atoms with Crippen LogP contribution in [0, 0.1) is 28.6 Å². The van der Waals surface area contributed by atoms with Crippen LogP contribution in [0.4, 0.5) is 0 Å². The van der Waals surface area contributed by atoms with E-state index in [4.69, 9.17) is 0 Å². The summed E-state index contributed by atoms with van der Waals surface area (Å²) >= 11 is 0. The van der Waals surface area contributed by atoms with Crippen molar-refractivity contribution >= 4 is 5.97 Å². The number of carboxylic acid groups (broad SMARTS) is 1. The van der Waals surface area contributed by atoms with Crippen LogP contribution in [0.5, 0.6) is 0 Å². The molecule has 0 aliphatic heterocycles. The SMILES string of the molecule is CC(C)C1CCC2=C(CCC3C(C)(C(=O)[O-])CCCC23C)C1.[Na+]. The predicted octanol–water partition coefficient (Wildman–Crippen LogP) is 1.10.